The molecular formula is C26H24ClF2N5O. The molecular weight excluding hydrogens is 472 g/mol. The van der Waals surface area contributed by atoms with E-state index < -0.39 is 0 Å². The van der Waals surface area contributed by atoms with E-state index in [4.69, 9.17) is 0 Å². The summed E-state index contributed by atoms with van der Waals surface area (Å²) in [6, 6.07) is 19.5. The fraction of sp³-hybridized carbons (Fsp3) is 0.192. The van der Waals surface area contributed by atoms with Crippen LogP contribution in [0.5, 0.6) is 0 Å². The normalized spacial score (nSPS) is 15.6. The molecule has 9 heteroatoms. The van der Waals surface area contributed by atoms with Crippen molar-refractivity contribution in [2.45, 2.75) is 13.0 Å². The first-order valence-corrected chi connectivity index (χ1v) is 11.1. The highest BCUT2D eigenvalue weighted by Gasteiger charge is 2.29. The Morgan fingerprint density at radius 1 is 0.886 bits per heavy atom. The zero-order valence-electron chi connectivity index (χ0n) is 19.0. The summed E-state index contributed by atoms with van der Waals surface area (Å²) in [6.45, 7) is 3.67. The minimum atomic E-state index is -0.348. The molecule has 2 amide bonds. The molecule has 2 heterocycles. The number of fused-ring (bicyclic) bond motifs is 1. The second-order valence-corrected chi connectivity index (χ2v) is 8.35. The van der Waals surface area contributed by atoms with Crippen LogP contribution in [-0.4, -0.2) is 46.8 Å². The van der Waals surface area contributed by atoms with Gasteiger partial charge in [-0.15, -0.1) is 22.6 Å². The van der Waals surface area contributed by atoms with Gasteiger partial charge in [-0.3, -0.25) is 0 Å². The molecule has 4 aromatic rings. The van der Waals surface area contributed by atoms with Crippen molar-refractivity contribution >= 4 is 40.7 Å². The van der Waals surface area contributed by atoms with Gasteiger partial charge < -0.3 is 15.1 Å². The van der Waals surface area contributed by atoms with Crippen molar-refractivity contribution in [1.29, 1.82) is 0 Å². The molecule has 0 spiro atoms. The molecule has 0 unspecified atom stereocenters. The van der Waals surface area contributed by atoms with Gasteiger partial charge in [0.25, 0.3) is 0 Å². The Hall–Kier alpha value is -3.78. The van der Waals surface area contributed by atoms with E-state index >= 15 is 0 Å². The van der Waals surface area contributed by atoms with E-state index in [1.54, 1.807) is 29.2 Å². The van der Waals surface area contributed by atoms with Gasteiger partial charge in [0.15, 0.2) is 5.82 Å². The van der Waals surface area contributed by atoms with Gasteiger partial charge in [0.05, 0.1) is 0 Å². The van der Waals surface area contributed by atoms with Crippen LogP contribution in [0.15, 0.2) is 72.8 Å². The molecule has 35 heavy (non-hydrogen) atoms. The molecule has 1 aliphatic rings. The summed E-state index contributed by atoms with van der Waals surface area (Å²) < 4.78 is 26.5. The maximum Gasteiger partial charge on any atom is 0.322 e. The summed E-state index contributed by atoms with van der Waals surface area (Å²) in [5.74, 6) is 0.110. The third-order valence-electron chi connectivity index (χ3n) is 6.07. The van der Waals surface area contributed by atoms with Gasteiger partial charge in [-0.05, 0) is 55.5 Å². The van der Waals surface area contributed by atoms with Crippen LogP contribution in [0.3, 0.4) is 0 Å². The molecule has 1 aromatic heterocycles. The topological polar surface area (TPSA) is 61.4 Å². The highest BCUT2D eigenvalue weighted by Crippen LogP contribution is 2.32. The Kier molecular flexibility index (Phi) is 7.12. The number of hydrogen-bond acceptors (Lipinski definition) is 4. The number of halogens is 3. The standard InChI is InChI=1S/C26H23F2N5O.ClH/c1-17-16-32(14-15-33(17)26(34)29-21-12-10-20(28)11-13-21)25-23-5-3-2-4-22(23)24(30-31-25)18-6-8-19(27)9-7-18;/h2-13,17H,14-16H2,1H3,(H,29,34);1H/t17-;/m0./s1. The second-order valence-electron chi connectivity index (χ2n) is 8.35. The quantitative estimate of drug-likeness (QED) is 0.394. The molecule has 0 radical (unpaired) electrons. The number of carbonyl (C=O) groups excluding carboxylic acids is 1. The molecule has 0 aliphatic carbocycles. The molecule has 0 bridgehead atoms. The minimum Gasteiger partial charge on any atom is -0.351 e. The first kappa shape index (κ1) is 24.3. The Morgan fingerprint density at radius 3 is 2.17 bits per heavy atom. The highest BCUT2D eigenvalue weighted by atomic mass is 35.5. The summed E-state index contributed by atoms with van der Waals surface area (Å²) in [6.07, 6.45) is 0. The fourth-order valence-corrected chi connectivity index (χ4v) is 4.32. The number of hydrogen-bond donors (Lipinski definition) is 1. The van der Waals surface area contributed by atoms with Gasteiger partial charge in [0.2, 0.25) is 0 Å². The molecule has 1 aliphatic heterocycles. The van der Waals surface area contributed by atoms with Gasteiger partial charge in [0.1, 0.15) is 17.3 Å². The van der Waals surface area contributed by atoms with Gasteiger partial charge in [-0.25, -0.2) is 13.6 Å². The van der Waals surface area contributed by atoms with E-state index in [1.807, 2.05) is 31.2 Å². The van der Waals surface area contributed by atoms with Crippen LogP contribution in [0.2, 0.25) is 0 Å². The van der Waals surface area contributed by atoms with Crippen molar-refractivity contribution in [3.8, 4) is 11.3 Å². The number of nitrogens with one attached hydrogen (secondary N) is 1. The van der Waals surface area contributed by atoms with Crippen LogP contribution < -0.4 is 10.2 Å². The zero-order valence-corrected chi connectivity index (χ0v) is 19.8. The fourth-order valence-electron chi connectivity index (χ4n) is 4.32. The predicted octanol–water partition coefficient (Wildman–Crippen LogP) is 5.74. The lowest BCUT2D eigenvalue weighted by atomic mass is 10.0. The van der Waals surface area contributed by atoms with Gasteiger partial charge >= 0.3 is 6.03 Å². The van der Waals surface area contributed by atoms with E-state index in [0.29, 0.717) is 31.0 Å². The van der Waals surface area contributed by atoms with Crippen molar-refractivity contribution in [3.05, 3.63) is 84.4 Å². The van der Waals surface area contributed by atoms with Crippen LogP contribution in [0.25, 0.3) is 22.0 Å². The molecule has 1 atom stereocenters. The average molecular weight is 496 g/mol. The van der Waals surface area contributed by atoms with Crippen molar-refractivity contribution in [3.63, 3.8) is 0 Å². The van der Waals surface area contributed by atoms with Crippen LogP contribution >= 0.6 is 12.4 Å². The first-order valence-electron chi connectivity index (χ1n) is 11.1. The number of benzene rings is 3. The third kappa shape index (κ3) is 5.02. The Labute approximate surface area is 208 Å². The lowest BCUT2D eigenvalue weighted by Gasteiger charge is -2.40. The maximum atomic E-state index is 13.4. The van der Waals surface area contributed by atoms with Crippen molar-refractivity contribution in [2.75, 3.05) is 29.9 Å². The summed E-state index contributed by atoms with van der Waals surface area (Å²) in [7, 11) is 0. The van der Waals surface area contributed by atoms with Crippen LogP contribution in [-0.2, 0) is 0 Å². The molecule has 1 N–H and O–H groups in total. The van der Waals surface area contributed by atoms with Gasteiger partial charge in [-0.2, -0.15) is 0 Å². The van der Waals surface area contributed by atoms with E-state index in [0.717, 1.165) is 22.2 Å². The molecule has 180 valence electrons. The lowest BCUT2D eigenvalue weighted by molar-refractivity contribution is 0.184. The van der Waals surface area contributed by atoms with E-state index in [1.165, 1.54) is 24.3 Å². The number of amides is 2. The minimum absolute atomic E-state index is 0. The summed E-state index contributed by atoms with van der Waals surface area (Å²) >= 11 is 0. The summed E-state index contributed by atoms with van der Waals surface area (Å²) in [4.78, 5) is 16.7. The lowest BCUT2D eigenvalue weighted by Crippen LogP contribution is -2.55. The first-order chi connectivity index (χ1) is 16.5. The molecule has 6 nitrogen and oxygen atoms in total. The number of rotatable bonds is 3. The number of anilines is 2. The molecule has 1 saturated heterocycles. The van der Waals surface area contributed by atoms with Gasteiger partial charge in [-0.1, -0.05) is 24.3 Å². The van der Waals surface area contributed by atoms with Crippen LogP contribution in [0.1, 0.15) is 6.92 Å². The van der Waals surface area contributed by atoms with Crippen LogP contribution in [0.4, 0.5) is 25.1 Å². The number of urea groups is 1. The Morgan fingerprint density at radius 2 is 1.51 bits per heavy atom. The number of aromatic nitrogens is 2. The van der Waals surface area contributed by atoms with Crippen molar-refractivity contribution in [1.82, 2.24) is 15.1 Å². The Bertz CT molecular complexity index is 1330. The number of nitrogens with zero attached hydrogens (tertiary/aromatic N) is 4. The number of carbonyl (C=O) groups is 1. The third-order valence-corrected chi connectivity index (χ3v) is 6.07. The van der Waals surface area contributed by atoms with E-state index in [2.05, 4.69) is 20.4 Å². The molecule has 0 saturated carbocycles. The zero-order chi connectivity index (χ0) is 23.7. The molecule has 5 rings (SSSR count). The summed E-state index contributed by atoms with van der Waals surface area (Å²) in [5.41, 5.74) is 2.05. The predicted molar refractivity (Wildman–Crippen MR) is 136 cm³/mol. The monoisotopic (exact) mass is 495 g/mol. The average Bonchev–Trinajstić information content (AvgIpc) is 2.85. The van der Waals surface area contributed by atoms with E-state index in [-0.39, 0.29) is 36.1 Å². The van der Waals surface area contributed by atoms with Crippen molar-refractivity contribution in [2.24, 2.45) is 0 Å². The summed E-state index contributed by atoms with van der Waals surface area (Å²) in [5, 5.41) is 13.7. The Balaban J connectivity index is 0.00000289. The van der Waals surface area contributed by atoms with Crippen molar-refractivity contribution < 1.29 is 13.6 Å². The van der Waals surface area contributed by atoms with Gasteiger partial charge in [0, 0.05) is 47.7 Å². The molecule has 3 aromatic carbocycles. The highest BCUT2D eigenvalue weighted by molar-refractivity contribution is 6.00. The SMILES string of the molecule is C[C@H]1CN(c2nnc(-c3ccc(F)cc3)c3ccccc23)CCN1C(=O)Nc1ccc(F)cc1.Cl. The van der Waals surface area contributed by atoms with Crippen LogP contribution in [0, 0.1) is 11.6 Å². The maximum absolute atomic E-state index is 13.4. The number of piperazine rings is 1. The second kappa shape index (κ2) is 10.2. The molecule has 1 fully saturated rings. The smallest absolute Gasteiger partial charge is 0.322 e. The largest absolute Gasteiger partial charge is 0.351 e. The van der Waals surface area contributed by atoms with E-state index in [9.17, 15) is 13.6 Å².